The van der Waals surface area contributed by atoms with Gasteiger partial charge in [-0.25, -0.2) is 0 Å². The van der Waals surface area contributed by atoms with Gasteiger partial charge >= 0.3 is 0 Å². The average Bonchev–Trinajstić information content (AvgIpc) is 2.36. The molecule has 0 aromatic heterocycles. The molecule has 0 aromatic rings. The molecule has 0 N–H and O–H groups in total. The smallest absolute Gasteiger partial charge is 0.136 e. The molecule has 1 heteroatoms. The van der Waals surface area contributed by atoms with E-state index >= 15 is 0 Å². The van der Waals surface area contributed by atoms with Crippen LogP contribution in [-0.2, 0) is 4.79 Å². The molecule has 0 fully saturated rings. The highest BCUT2D eigenvalue weighted by molar-refractivity contribution is 5.81. The third-order valence-corrected chi connectivity index (χ3v) is 1.91. The molecule has 0 spiro atoms. The quantitative estimate of drug-likeness (QED) is 0.568. The number of carbonyl (C=O) groups excluding carboxylic acids is 1. The van der Waals surface area contributed by atoms with Crippen LogP contribution in [0.2, 0.25) is 0 Å². The molecule has 1 atom stereocenters. The van der Waals surface area contributed by atoms with Crippen LogP contribution in [-0.4, -0.2) is 5.78 Å². The molecule has 54 valence electrons. The summed E-state index contributed by atoms with van der Waals surface area (Å²) in [7, 11) is 0. The van der Waals surface area contributed by atoms with Gasteiger partial charge in [0.15, 0.2) is 0 Å². The number of ketones is 1. The van der Waals surface area contributed by atoms with Crippen molar-refractivity contribution < 1.29 is 4.79 Å². The molecule has 0 saturated heterocycles. The van der Waals surface area contributed by atoms with E-state index in [1.807, 2.05) is 13.0 Å². The molecule has 10 heavy (non-hydrogen) atoms. The van der Waals surface area contributed by atoms with Crippen molar-refractivity contribution in [3.05, 3.63) is 23.8 Å². The van der Waals surface area contributed by atoms with E-state index < -0.39 is 0 Å². The molecule has 1 unspecified atom stereocenters. The van der Waals surface area contributed by atoms with Crippen molar-refractivity contribution in [2.75, 3.05) is 0 Å². The van der Waals surface area contributed by atoms with Crippen LogP contribution in [0.3, 0.4) is 0 Å². The first-order chi connectivity index (χ1) is 4.72. The standard InChI is InChI=1S/C9H12O/c1-7(8(2)10)9-5-3-4-6-9/h3,5-7H,4H2,1-2H3. The van der Waals surface area contributed by atoms with Gasteiger partial charge in [-0.2, -0.15) is 0 Å². The molecular formula is C9H12O. The highest BCUT2D eigenvalue weighted by Crippen LogP contribution is 2.18. The topological polar surface area (TPSA) is 17.1 Å². The van der Waals surface area contributed by atoms with Gasteiger partial charge in [0.1, 0.15) is 5.78 Å². The number of Topliss-reactive ketones (excluding diaryl/α,β-unsaturated/α-hetero) is 1. The minimum Gasteiger partial charge on any atom is -0.299 e. The SMILES string of the molecule is CC(=O)C(C)C1=CCC=C1. The number of allylic oxidation sites excluding steroid dienone is 4. The van der Waals surface area contributed by atoms with Gasteiger partial charge in [-0.05, 0) is 18.9 Å². The third kappa shape index (κ3) is 1.35. The average molecular weight is 136 g/mol. The summed E-state index contributed by atoms with van der Waals surface area (Å²) >= 11 is 0. The van der Waals surface area contributed by atoms with Crippen LogP contribution in [0.25, 0.3) is 0 Å². The number of hydrogen-bond donors (Lipinski definition) is 0. The Morgan fingerprint density at radius 1 is 1.70 bits per heavy atom. The van der Waals surface area contributed by atoms with E-state index in [0.29, 0.717) is 0 Å². The second kappa shape index (κ2) is 2.82. The molecule has 0 radical (unpaired) electrons. The normalized spacial score (nSPS) is 18.8. The molecule has 0 saturated carbocycles. The molecule has 0 amide bonds. The second-order valence-corrected chi connectivity index (χ2v) is 2.67. The van der Waals surface area contributed by atoms with Gasteiger partial charge in [-0.3, -0.25) is 4.79 Å². The Balaban J connectivity index is 2.65. The second-order valence-electron chi connectivity index (χ2n) is 2.67. The minimum atomic E-state index is 0.0961. The number of rotatable bonds is 2. The van der Waals surface area contributed by atoms with Crippen molar-refractivity contribution in [1.29, 1.82) is 0 Å². The van der Waals surface area contributed by atoms with E-state index in [2.05, 4.69) is 12.2 Å². The van der Waals surface area contributed by atoms with Gasteiger partial charge in [0.25, 0.3) is 0 Å². The molecule has 1 nitrogen and oxygen atoms in total. The zero-order valence-corrected chi connectivity index (χ0v) is 6.42. The van der Waals surface area contributed by atoms with Crippen LogP contribution in [0.1, 0.15) is 20.3 Å². The van der Waals surface area contributed by atoms with Crippen LogP contribution in [0, 0.1) is 5.92 Å². The first-order valence-corrected chi connectivity index (χ1v) is 3.59. The molecule has 1 aliphatic carbocycles. The molecule has 0 aromatic carbocycles. The van der Waals surface area contributed by atoms with E-state index in [1.165, 1.54) is 5.57 Å². The van der Waals surface area contributed by atoms with Gasteiger partial charge in [-0.1, -0.05) is 25.2 Å². The predicted octanol–water partition coefficient (Wildman–Crippen LogP) is 2.10. The lowest BCUT2D eigenvalue weighted by Crippen LogP contribution is -2.06. The maximum atomic E-state index is 10.9. The summed E-state index contributed by atoms with van der Waals surface area (Å²) in [5, 5.41) is 0. The lowest BCUT2D eigenvalue weighted by Gasteiger charge is -2.04. The summed E-state index contributed by atoms with van der Waals surface area (Å²) < 4.78 is 0. The highest BCUT2D eigenvalue weighted by atomic mass is 16.1. The van der Waals surface area contributed by atoms with Crippen molar-refractivity contribution in [3.8, 4) is 0 Å². The van der Waals surface area contributed by atoms with Crippen LogP contribution in [0.5, 0.6) is 0 Å². The lowest BCUT2D eigenvalue weighted by molar-refractivity contribution is -0.119. The Bertz CT molecular complexity index is 199. The molecule has 0 aliphatic heterocycles. The summed E-state index contributed by atoms with van der Waals surface area (Å²) in [6.07, 6.45) is 7.21. The highest BCUT2D eigenvalue weighted by Gasteiger charge is 2.11. The largest absolute Gasteiger partial charge is 0.299 e. The van der Waals surface area contributed by atoms with Crippen molar-refractivity contribution >= 4 is 5.78 Å². The van der Waals surface area contributed by atoms with E-state index in [1.54, 1.807) is 6.92 Å². The van der Waals surface area contributed by atoms with Gasteiger partial charge in [0, 0.05) is 5.92 Å². The van der Waals surface area contributed by atoms with Crippen LogP contribution in [0.15, 0.2) is 23.8 Å². The first-order valence-electron chi connectivity index (χ1n) is 3.59. The lowest BCUT2D eigenvalue weighted by atomic mass is 9.99. The Hall–Kier alpha value is -0.850. The predicted molar refractivity (Wildman–Crippen MR) is 41.7 cm³/mol. The van der Waals surface area contributed by atoms with Gasteiger partial charge in [0.2, 0.25) is 0 Å². The van der Waals surface area contributed by atoms with E-state index in [0.717, 1.165) is 6.42 Å². The van der Waals surface area contributed by atoms with Crippen molar-refractivity contribution in [3.63, 3.8) is 0 Å². The maximum absolute atomic E-state index is 10.9. The number of carbonyl (C=O) groups is 1. The fourth-order valence-corrected chi connectivity index (χ4v) is 1.03. The van der Waals surface area contributed by atoms with E-state index in [-0.39, 0.29) is 11.7 Å². The fraction of sp³-hybridized carbons (Fsp3) is 0.444. The number of hydrogen-bond acceptors (Lipinski definition) is 1. The monoisotopic (exact) mass is 136 g/mol. The molecule has 1 rings (SSSR count). The Labute approximate surface area is 61.4 Å². The summed E-state index contributed by atoms with van der Waals surface area (Å²) in [6, 6.07) is 0. The maximum Gasteiger partial charge on any atom is 0.136 e. The molecular weight excluding hydrogens is 124 g/mol. The molecule has 0 bridgehead atoms. The summed E-state index contributed by atoms with van der Waals surface area (Å²) in [6.45, 7) is 3.58. The fourth-order valence-electron chi connectivity index (χ4n) is 1.03. The van der Waals surface area contributed by atoms with Crippen molar-refractivity contribution in [1.82, 2.24) is 0 Å². The third-order valence-electron chi connectivity index (χ3n) is 1.91. The van der Waals surface area contributed by atoms with Gasteiger partial charge < -0.3 is 0 Å². The van der Waals surface area contributed by atoms with Crippen LogP contribution < -0.4 is 0 Å². The van der Waals surface area contributed by atoms with Gasteiger partial charge in [-0.15, -0.1) is 0 Å². The summed E-state index contributed by atoms with van der Waals surface area (Å²) in [5.74, 6) is 0.344. The summed E-state index contributed by atoms with van der Waals surface area (Å²) in [5.41, 5.74) is 1.17. The van der Waals surface area contributed by atoms with E-state index in [4.69, 9.17) is 0 Å². The van der Waals surface area contributed by atoms with Gasteiger partial charge in [0.05, 0.1) is 0 Å². The van der Waals surface area contributed by atoms with Crippen molar-refractivity contribution in [2.45, 2.75) is 20.3 Å². The van der Waals surface area contributed by atoms with Crippen LogP contribution >= 0.6 is 0 Å². The first kappa shape index (κ1) is 7.26. The molecule has 0 heterocycles. The van der Waals surface area contributed by atoms with Crippen LogP contribution in [0.4, 0.5) is 0 Å². The Morgan fingerprint density at radius 2 is 2.40 bits per heavy atom. The Morgan fingerprint density at radius 3 is 2.80 bits per heavy atom. The van der Waals surface area contributed by atoms with E-state index in [9.17, 15) is 4.79 Å². The zero-order valence-electron chi connectivity index (χ0n) is 6.42. The van der Waals surface area contributed by atoms with Crippen molar-refractivity contribution in [2.24, 2.45) is 5.92 Å². The summed E-state index contributed by atoms with van der Waals surface area (Å²) in [4.78, 5) is 10.9. The zero-order chi connectivity index (χ0) is 7.56. The Kier molecular flexibility index (Phi) is 2.05. The minimum absolute atomic E-state index is 0.0961. The molecule has 1 aliphatic rings.